The molecule has 0 spiro atoms. The fraction of sp³-hybridized carbons (Fsp3) is 0.714. The van der Waals surface area contributed by atoms with E-state index in [0.29, 0.717) is 5.15 Å². The van der Waals surface area contributed by atoms with Crippen LogP contribution in [0.25, 0.3) is 0 Å². The highest BCUT2D eigenvalue weighted by molar-refractivity contribution is 6.30. The van der Waals surface area contributed by atoms with Gasteiger partial charge in [-0.25, -0.2) is 9.97 Å². The quantitative estimate of drug-likeness (QED) is 0.820. The summed E-state index contributed by atoms with van der Waals surface area (Å²) in [6, 6.07) is 0. The Labute approximate surface area is 114 Å². The lowest BCUT2D eigenvalue weighted by atomic mass is 9.78. The van der Waals surface area contributed by atoms with Crippen LogP contribution in [0.3, 0.4) is 0 Å². The fourth-order valence-corrected chi connectivity index (χ4v) is 2.23. The predicted molar refractivity (Wildman–Crippen MR) is 76.4 cm³/mol. The molecule has 100 valence electrons. The van der Waals surface area contributed by atoms with Gasteiger partial charge in [-0.15, -0.1) is 0 Å². The molecule has 0 atom stereocenters. The molecule has 1 aliphatic carbocycles. The van der Waals surface area contributed by atoms with Crippen molar-refractivity contribution < 1.29 is 0 Å². The molecule has 0 bridgehead atoms. The van der Waals surface area contributed by atoms with Crippen molar-refractivity contribution in [2.24, 2.45) is 0 Å². The summed E-state index contributed by atoms with van der Waals surface area (Å²) in [4.78, 5) is 9.06. The van der Waals surface area contributed by atoms with Crippen LogP contribution in [-0.2, 0) is 5.41 Å². The molecular formula is C14H22ClN3. The Kier molecular flexibility index (Phi) is 3.30. The molecule has 1 fully saturated rings. The SMILES string of the molecule is Cc1c(Cl)nc(C(C)(C)C)nc1NC1(C)CCC1. The summed E-state index contributed by atoms with van der Waals surface area (Å²) in [5, 5.41) is 4.10. The van der Waals surface area contributed by atoms with Crippen LogP contribution in [0.5, 0.6) is 0 Å². The first-order valence-corrected chi connectivity index (χ1v) is 6.92. The van der Waals surface area contributed by atoms with Crippen LogP contribution in [0.1, 0.15) is 58.3 Å². The Morgan fingerprint density at radius 2 is 1.83 bits per heavy atom. The Morgan fingerprint density at radius 3 is 2.28 bits per heavy atom. The van der Waals surface area contributed by atoms with E-state index in [2.05, 4.69) is 43.0 Å². The third kappa shape index (κ3) is 2.61. The van der Waals surface area contributed by atoms with Crippen molar-refractivity contribution in [1.29, 1.82) is 0 Å². The van der Waals surface area contributed by atoms with Crippen molar-refractivity contribution in [1.82, 2.24) is 9.97 Å². The van der Waals surface area contributed by atoms with E-state index in [1.807, 2.05) is 6.92 Å². The highest BCUT2D eigenvalue weighted by Crippen LogP contribution is 2.36. The van der Waals surface area contributed by atoms with Gasteiger partial charge in [0, 0.05) is 16.5 Å². The molecule has 1 aliphatic rings. The summed E-state index contributed by atoms with van der Waals surface area (Å²) in [5.41, 5.74) is 1.03. The third-order valence-electron chi connectivity index (χ3n) is 3.63. The molecule has 1 heterocycles. The van der Waals surface area contributed by atoms with Gasteiger partial charge in [0.05, 0.1) is 0 Å². The number of hydrogen-bond acceptors (Lipinski definition) is 3. The summed E-state index contributed by atoms with van der Waals surface area (Å²) in [5.74, 6) is 1.69. The van der Waals surface area contributed by atoms with Crippen LogP contribution in [0.2, 0.25) is 5.15 Å². The lowest BCUT2D eigenvalue weighted by Gasteiger charge is -2.40. The topological polar surface area (TPSA) is 37.8 Å². The summed E-state index contributed by atoms with van der Waals surface area (Å²) in [7, 11) is 0. The maximum Gasteiger partial charge on any atom is 0.137 e. The van der Waals surface area contributed by atoms with E-state index < -0.39 is 0 Å². The summed E-state index contributed by atoms with van der Waals surface area (Å²) in [6.07, 6.45) is 3.67. The molecular weight excluding hydrogens is 246 g/mol. The second-order valence-electron chi connectivity index (χ2n) is 6.60. The van der Waals surface area contributed by atoms with Gasteiger partial charge in [0.25, 0.3) is 0 Å². The first-order chi connectivity index (χ1) is 8.21. The van der Waals surface area contributed by atoms with E-state index in [9.17, 15) is 0 Å². The van der Waals surface area contributed by atoms with E-state index >= 15 is 0 Å². The van der Waals surface area contributed by atoms with Crippen molar-refractivity contribution in [3.05, 3.63) is 16.5 Å². The largest absolute Gasteiger partial charge is 0.365 e. The maximum absolute atomic E-state index is 6.22. The number of hydrogen-bond donors (Lipinski definition) is 1. The van der Waals surface area contributed by atoms with Gasteiger partial charge in [-0.05, 0) is 33.1 Å². The number of anilines is 1. The van der Waals surface area contributed by atoms with Gasteiger partial charge in [-0.1, -0.05) is 32.4 Å². The molecule has 1 saturated carbocycles. The highest BCUT2D eigenvalue weighted by Gasteiger charge is 2.33. The van der Waals surface area contributed by atoms with Crippen LogP contribution < -0.4 is 5.32 Å². The molecule has 1 aromatic heterocycles. The standard InChI is InChI=1S/C14H22ClN3/c1-9-10(15)16-12(13(2,3)4)17-11(9)18-14(5)7-6-8-14/h6-8H2,1-5H3,(H,16,17,18). The lowest BCUT2D eigenvalue weighted by Crippen LogP contribution is -2.42. The number of halogens is 1. The molecule has 1 N–H and O–H groups in total. The van der Waals surface area contributed by atoms with Crippen molar-refractivity contribution in [3.8, 4) is 0 Å². The van der Waals surface area contributed by atoms with Gasteiger partial charge in [0.1, 0.15) is 16.8 Å². The summed E-state index contributed by atoms with van der Waals surface area (Å²) < 4.78 is 0. The smallest absolute Gasteiger partial charge is 0.137 e. The van der Waals surface area contributed by atoms with Crippen LogP contribution in [-0.4, -0.2) is 15.5 Å². The average Bonchev–Trinajstić information content (AvgIpc) is 2.20. The van der Waals surface area contributed by atoms with Gasteiger partial charge in [0.2, 0.25) is 0 Å². The molecule has 0 unspecified atom stereocenters. The fourth-order valence-electron chi connectivity index (χ4n) is 2.06. The third-order valence-corrected chi connectivity index (χ3v) is 4.00. The van der Waals surface area contributed by atoms with Crippen LogP contribution in [0.4, 0.5) is 5.82 Å². The van der Waals surface area contributed by atoms with Crippen molar-refractivity contribution >= 4 is 17.4 Å². The van der Waals surface area contributed by atoms with Gasteiger partial charge in [0.15, 0.2) is 0 Å². The predicted octanol–water partition coefficient (Wildman–Crippen LogP) is 4.09. The van der Waals surface area contributed by atoms with E-state index in [4.69, 9.17) is 11.6 Å². The second kappa shape index (κ2) is 4.37. The first-order valence-electron chi connectivity index (χ1n) is 6.54. The average molecular weight is 268 g/mol. The van der Waals surface area contributed by atoms with E-state index in [1.54, 1.807) is 0 Å². The first kappa shape index (κ1) is 13.6. The van der Waals surface area contributed by atoms with Gasteiger partial charge in [-0.2, -0.15) is 0 Å². The van der Waals surface area contributed by atoms with Crippen LogP contribution in [0, 0.1) is 6.92 Å². The second-order valence-corrected chi connectivity index (χ2v) is 6.96. The van der Waals surface area contributed by atoms with Crippen molar-refractivity contribution in [2.75, 3.05) is 5.32 Å². The minimum absolute atomic E-state index is 0.0890. The molecule has 4 heteroatoms. The van der Waals surface area contributed by atoms with Gasteiger partial charge < -0.3 is 5.32 Å². The molecule has 0 radical (unpaired) electrons. The van der Waals surface area contributed by atoms with E-state index in [1.165, 1.54) is 19.3 Å². The Hall–Kier alpha value is -0.830. The van der Waals surface area contributed by atoms with Crippen molar-refractivity contribution in [2.45, 2.75) is 64.8 Å². The molecule has 1 aromatic rings. The monoisotopic (exact) mass is 267 g/mol. The molecule has 2 rings (SSSR count). The minimum Gasteiger partial charge on any atom is -0.365 e. The summed E-state index contributed by atoms with van der Waals surface area (Å²) >= 11 is 6.22. The van der Waals surface area contributed by atoms with Crippen LogP contribution >= 0.6 is 11.6 Å². The lowest BCUT2D eigenvalue weighted by molar-refractivity contribution is 0.305. The Bertz CT molecular complexity index is 459. The number of nitrogens with zero attached hydrogens (tertiary/aromatic N) is 2. The molecule has 3 nitrogen and oxygen atoms in total. The zero-order valence-electron chi connectivity index (χ0n) is 11.9. The maximum atomic E-state index is 6.22. The molecule has 0 aliphatic heterocycles. The Balaban J connectivity index is 2.36. The zero-order valence-corrected chi connectivity index (χ0v) is 12.6. The highest BCUT2D eigenvalue weighted by atomic mass is 35.5. The van der Waals surface area contributed by atoms with E-state index in [0.717, 1.165) is 17.2 Å². The summed E-state index contributed by atoms with van der Waals surface area (Å²) in [6.45, 7) is 10.5. The molecule has 0 aromatic carbocycles. The van der Waals surface area contributed by atoms with E-state index in [-0.39, 0.29) is 11.0 Å². The molecule has 0 saturated heterocycles. The number of rotatable bonds is 2. The number of nitrogens with one attached hydrogen (secondary N) is 1. The zero-order chi connectivity index (χ0) is 13.6. The Morgan fingerprint density at radius 1 is 1.22 bits per heavy atom. The minimum atomic E-state index is -0.0890. The van der Waals surface area contributed by atoms with Crippen molar-refractivity contribution in [3.63, 3.8) is 0 Å². The van der Waals surface area contributed by atoms with Gasteiger partial charge >= 0.3 is 0 Å². The molecule has 18 heavy (non-hydrogen) atoms. The normalized spacial score (nSPS) is 18.3. The molecule has 0 amide bonds. The van der Waals surface area contributed by atoms with Crippen LogP contribution in [0.15, 0.2) is 0 Å². The number of aromatic nitrogens is 2. The van der Waals surface area contributed by atoms with Gasteiger partial charge in [-0.3, -0.25) is 0 Å².